The maximum Gasteiger partial charge on any atom is 0.0907 e. The highest BCUT2D eigenvalue weighted by molar-refractivity contribution is 7.18. The molecule has 0 spiro atoms. The van der Waals surface area contributed by atoms with E-state index in [2.05, 4.69) is 68.3 Å². The van der Waals surface area contributed by atoms with Crippen LogP contribution in [0.25, 0.3) is 10.2 Å². The Morgan fingerprint density at radius 3 is 2.74 bits per heavy atom. The molecule has 1 aromatic carbocycles. The minimum atomic E-state index is 0.246. The van der Waals surface area contributed by atoms with Crippen molar-refractivity contribution < 1.29 is 0 Å². The number of aromatic nitrogens is 1. The van der Waals surface area contributed by atoms with Gasteiger partial charge < -0.3 is 10.2 Å². The van der Waals surface area contributed by atoms with Gasteiger partial charge in [-0.05, 0) is 44.6 Å². The summed E-state index contributed by atoms with van der Waals surface area (Å²) >= 11 is 1.75. The number of hydrogen-bond acceptors (Lipinski definition) is 4. The van der Waals surface area contributed by atoms with Crippen LogP contribution in [0.1, 0.15) is 18.9 Å². The summed E-state index contributed by atoms with van der Waals surface area (Å²) in [6.07, 6.45) is 0. The van der Waals surface area contributed by atoms with E-state index in [1.54, 1.807) is 11.3 Å². The second kappa shape index (κ2) is 5.47. The molecule has 0 amide bonds. The predicted octanol–water partition coefficient (Wildman–Crippen LogP) is 3.60. The maximum atomic E-state index is 4.54. The van der Waals surface area contributed by atoms with E-state index >= 15 is 0 Å². The Labute approximate surface area is 119 Å². The molecule has 0 fully saturated rings. The SMILES string of the molecule is Cc1nc2cc(NCC(C)(C)CN(C)C)ccc2s1. The molecule has 0 aliphatic rings. The van der Waals surface area contributed by atoms with Crippen molar-refractivity contribution in [3.05, 3.63) is 23.2 Å². The molecule has 1 N–H and O–H groups in total. The first-order chi connectivity index (χ1) is 8.85. The Hall–Kier alpha value is -1.13. The average molecular weight is 277 g/mol. The molecule has 2 rings (SSSR count). The van der Waals surface area contributed by atoms with Gasteiger partial charge in [0.1, 0.15) is 0 Å². The zero-order valence-corrected chi connectivity index (χ0v) is 13.3. The Kier molecular flexibility index (Phi) is 4.11. The molecule has 3 nitrogen and oxygen atoms in total. The number of hydrogen-bond donors (Lipinski definition) is 1. The van der Waals surface area contributed by atoms with Gasteiger partial charge in [-0.15, -0.1) is 11.3 Å². The Morgan fingerprint density at radius 1 is 1.32 bits per heavy atom. The number of thiazole rings is 1. The molecule has 2 aromatic rings. The van der Waals surface area contributed by atoms with Gasteiger partial charge in [0.25, 0.3) is 0 Å². The Balaban J connectivity index is 2.05. The molecule has 0 radical (unpaired) electrons. The number of nitrogens with zero attached hydrogens (tertiary/aromatic N) is 2. The van der Waals surface area contributed by atoms with Gasteiger partial charge in [-0.1, -0.05) is 13.8 Å². The number of fused-ring (bicyclic) bond motifs is 1. The molecule has 104 valence electrons. The lowest BCUT2D eigenvalue weighted by Crippen LogP contribution is -2.34. The molecule has 4 heteroatoms. The number of nitrogens with one attached hydrogen (secondary N) is 1. The van der Waals surface area contributed by atoms with Crippen LogP contribution in [0.3, 0.4) is 0 Å². The van der Waals surface area contributed by atoms with Gasteiger partial charge in [0.05, 0.1) is 15.2 Å². The molecular weight excluding hydrogens is 254 g/mol. The van der Waals surface area contributed by atoms with Gasteiger partial charge in [0.2, 0.25) is 0 Å². The highest BCUT2D eigenvalue weighted by Gasteiger charge is 2.18. The van der Waals surface area contributed by atoms with Crippen molar-refractivity contribution in [1.29, 1.82) is 0 Å². The van der Waals surface area contributed by atoms with Gasteiger partial charge in [-0.2, -0.15) is 0 Å². The van der Waals surface area contributed by atoms with Gasteiger partial charge in [-0.25, -0.2) is 4.98 Å². The van der Waals surface area contributed by atoms with Crippen molar-refractivity contribution in [2.75, 3.05) is 32.5 Å². The third-order valence-electron chi connectivity index (χ3n) is 3.01. The fraction of sp³-hybridized carbons (Fsp3) is 0.533. The first-order valence-electron chi connectivity index (χ1n) is 6.61. The molecular formula is C15H23N3S. The summed E-state index contributed by atoms with van der Waals surface area (Å²) in [5.41, 5.74) is 2.50. The molecule has 0 bridgehead atoms. The molecule has 0 saturated heterocycles. The summed E-state index contributed by atoms with van der Waals surface area (Å²) in [6, 6.07) is 6.44. The summed E-state index contributed by atoms with van der Waals surface area (Å²) in [4.78, 5) is 6.77. The smallest absolute Gasteiger partial charge is 0.0907 e. The van der Waals surface area contributed by atoms with E-state index in [1.807, 2.05) is 0 Å². The van der Waals surface area contributed by atoms with E-state index in [1.165, 1.54) is 4.70 Å². The molecule has 0 atom stereocenters. The number of anilines is 1. The summed E-state index contributed by atoms with van der Waals surface area (Å²) in [6.45, 7) is 8.65. The normalized spacial score (nSPS) is 12.3. The van der Waals surface area contributed by atoms with Crippen LogP contribution in [-0.4, -0.2) is 37.1 Å². The number of benzene rings is 1. The zero-order chi connectivity index (χ0) is 14.0. The monoisotopic (exact) mass is 277 g/mol. The summed E-state index contributed by atoms with van der Waals surface area (Å²) in [5.74, 6) is 0. The van der Waals surface area contributed by atoms with Crippen LogP contribution >= 0.6 is 11.3 Å². The first kappa shape index (κ1) is 14.3. The predicted molar refractivity (Wildman–Crippen MR) is 85.2 cm³/mol. The van der Waals surface area contributed by atoms with Crippen LogP contribution in [-0.2, 0) is 0 Å². The van der Waals surface area contributed by atoms with Crippen LogP contribution in [0, 0.1) is 12.3 Å². The summed E-state index contributed by atoms with van der Waals surface area (Å²) in [7, 11) is 4.23. The zero-order valence-electron chi connectivity index (χ0n) is 12.4. The Morgan fingerprint density at radius 2 is 2.05 bits per heavy atom. The number of aryl methyl sites for hydroxylation is 1. The van der Waals surface area contributed by atoms with Crippen LogP contribution in [0.15, 0.2) is 18.2 Å². The van der Waals surface area contributed by atoms with E-state index in [0.29, 0.717) is 0 Å². The first-order valence-corrected chi connectivity index (χ1v) is 7.43. The van der Waals surface area contributed by atoms with Gasteiger partial charge in [0, 0.05) is 18.8 Å². The van der Waals surface area contributed by atoms with Crippen molar-refractivity contribution in [2.45, 2.75) is 20.8 Å². The fourth-order valence-electron chi connectivity index (χ4n) is 2.41. The van der Waals surface area contributed by atoms with E-state index in [0.717, 1.165) is 29.3 Å². The standard InChI is InChI=1S/C15H23N3S/c1-11-17-13-8-12(6-7-14(13)19-11)16-9-15(2,3)10-18(4)5/h6-8,16H,9-10H2,1-5H3. The van der Waals surface area contributed by atoms with Crippen molar-refractivity contribution in [3.8, 4) is 0 Å². The second-order valence-corrected chi connectivity index (χ2v) is 7.41. The molecule has 0 unspecified atom stereocenters. The minimum absolute atomic E-state index is 0.246. The van der Waals surface area contributed by atoms with E-state index in [4.69, 9.17) is 0 Å². The lowest BCUT2D eigenvalue weighted by atomic mass is 9.93. The van der Waals surface area contributed by atoms with Gasteiger partial charge in [-0.3, -0.25) is 0 Å². The molecule has 0 aliphatic carbocycles. The van der Waals surface area contributed by atoms with Crippen molar-refractivity contribution in [1.82, 2.24) is 9.88 Å². The molecule has 0 aliphatic heterocycles. The second-order valence-electron chi connectivity index (χ2n) is 6.17. The van der Waals surface area contributed by atoms with Crippen molar-refractivity contribution in [2.24, 2.45) is 5.41 Å². The molecule has 0 saturated carbocycles. The average Bonchev–Trinajstić information content (AvgIpc) is 2.64. The van der Waals surface area contributed by atoms with E-state index in [-0.39, 0.29) is 5.41 Å². The molecule has 19 heavy (non-hydrogen) atoms. The lowest BCUT2D eigenvalue weighted by molar-refractivity contribution is 0.254. The van der Waals surface area contributed by atoms with Crippen LogP contribution in [0.4, 0.5) is 5.69 Å². The largest absolute Gasteiger partial charge is 0.384 e. The molecule has 1 heterocycles. The quantitative estimate of drug-likeness (QED) is 0.905. The van der Waals surface area contributed by atoms with Crippen LogP contribution in [0.5, 0.6) is 0 Å². The summed E-state index contributed by atoms with van der Waals surface area (Å²) < 4.78 is 1.26. The molecule has 1 aromatic heterocycles. The van der Waals surface area contributed by atoms with Crippen LogP contribution in [0.2, 0.25) is 0 Å². The highest BCUT2D eigenvalue weighted by Crippen LogP contribution is 2.25. The fourth-order valence-corrected chi connectivity index (χ4v) is 3.21. The third-order valence-corrected chi connectivity index (χ3v) is 3.96. The maximum absolute atomic E-state index is 4.54. The lowest BCUT2D eigenvalue weighted by Gasteiger charge is -2.28. The van der Waals surface area contributed by atoms with Crippen molar-refractivity contribution in [3.63, 3.8) is 0 Å². The van der Waals surface area contributed by atoms with Gasteiger partial charge in [0.15, 0.2) is 0 Å². The van der Waals surface area contributed by atoms with Crippen LogP contribution < -0.4 is 5.32 Å². The topological polar surface area (TPSA) is 28.2 Å². The van der Waals surface area contributed by atoms with E-state index < -0.39 is 0 Å². The third kappa shape index (κ3) is 3.91. The number of rotatable bonds is 5. The minimum Gasteiger partial charge on any atom is -0.384 e. The highest BCUT2D eigenvalue weighted by atomic mass is 32.1. The van der Waals surface area contributed by atoms with Crippen molar-refractivity contribution >= 4 is 27.2 Å². The van der Waals surface area contributed by atoms with Gasteiger partial charge >= 0.3 is 0 Å². The summed E-state index contributed by atoms with van der Waals surface area (Å²) in [5, 5.41) is 4.65. The Bertz CT molecular complexity index is 558. The van der Waals surface area contributed by atoms with E-state index in [9.17, 15) is 0 Å².